The van der Waals surface area contributed by atoms with Gasteiger partial charge in [-0.1, -0.05) is 5.43 Å². The highest BCUT2D eigenvalue weighted by atomic mass is 16.7. The number of hydrogen-bond acceptors (Lipinski definition) is 4. The van der Waals surface area contributed by atoms with E-state index in [9.17, 15) is 10.1 Å². The molecule has 7 heteroatoms. The molecule has 0 aliphatic rings. The number of aromatic nitrogens is 2. The molecule has 0 bridgehead atoms. The SMILES string of the molecule is Cc1n[nH]c(C)c1C(=N)N[N+](=O)[O-]. The third-order valence-corrected chi connectivity index (χ3v) is 1.58. The molecule has 0 saturated heterocycles. The fraction of sp³-hybridized carbons (Fsp3) is 0.333. The van der Waals surface area contributed by atoms with Gasteiger partial charge < -0.3 is 0 Å². The summed E-state index contributed by atoms with van der Waals surface area (Å²) >= 11 is 0. The molecule has 3 N–H and O–H groups in total. The Morgan fingerprint density at radius 1 is 1.69 bits per heavy atom. The molecule has 1 aromatic heterocycles. The quantitative estimate of drug-likeness (QED) is 0.262. The smallest absolute Gasteiger partial charge is 0.194 e. The summed E-state index contributed by atoms with van der Waals surface area (Å²) in [5.74, 6) is -0.256. The summed E-state index contributed by atoms with van der Waals surface area (Å²) in [6.45, 7) is 3.38. The van der Waals surface area contributed by atoms with E-state index < -0.39 is 5.03 Å². The van der Waals surface area contributed by atoms with Crippen LogP contribution < -0.4 is 5.43 Å². The number of aryl methyl sites for hydroxylation is 2. The van der Waals surface area contributed by atoms with Crippen molar-refractivity contribution >= 4 is 5.84 Å². The van der Waals surface area contributed by atoms with E-state index in [1.54, 1.807) is 19.3 Å². The van der Waals surface area contributed by atoms with Crippen LogP contribution in [0.15, 0.2) is 0 Å². The predicted molar refractivity (Wildman–Crippen MR) is 45.0 cm³/mol. The summed E-state index contributed by atoms with van der Waals surface area (Å²) < 4.78 is 0. The zero-order chi connectivity index (χ0) is 10.0. The van der Waals surface area contributed by atoms with E-state index in [-0.39, 0.29) is 5.84 Å². The number of nitrogens with one attached hydrogen (secondary N) is 3. The molecule has 0 fully saturated rings. The summed E-state index contributed by atoms with van der Waals surface area (Å²) in [6, 6.07) is 0. The molecule has 0 aliphatic heterocycles. The van der Waals surface area contributed by atoms with Gasteiger partial charge in [-0.15, -0.1) is 0 Å². The van der Waals surface area contributed by atoms with Crippen LogP contribution in [0.5, 0.6) is 0 Å². The van der Waals surface area contributed by atoms with Gasteiger partial charge in [0.1, 0.15) is 0 Å². The molecule has 70 valence electrons. The number of amidine groups is 1. The fourth-order valence-electron chi connectivity index (χ4n) is 1.07. The van der Waals surface area contributed by atoms with Crippen molar-refractivity contribution in [3.8, 4) is 0 Å². The standard InChI is InChI=1S/C6H9N5O2/c1-3-5(4(2)9-8-3)6(7)10-11(12)13/h1-2H3,(H2,7,10)(H,8,9). The van der Waals surface area contributed by atoms with E-state index in [0.29, 0.717) is 17.0 Å². The van der Waals surface area contributed by atoms with E-state index >= 15 is 0 Å². The van der Waals surface area contributed by atoms with Gasteiger partial charge in [0.05, 0.1) is 11.3 Å². The summed E-state index contributed by atoms with van der Waals surface area (Å²) in [5, 5.41) is 23.1. The molecule has 13 heavy (non-hydrogen) atoms. The van der Waals surface area contributed by atoms with Crippen LogP contribution in [0.4, 0.5) is 0 Å². The average Bonchev–Trinajstić information content (AvgIpc) is 2.29. The van der Waals surface area contributed by atoms with Crippen molar-refractivity contribution in [2.75, 3.05) is 0 Å². The molecular weight excluding hydrogens is 174 g/mol. The van der Waals surface area contributed by atoms with Gasteiger partial charge in [-0.25, -0.2) is 10.1 Å². The van der Waals surface area contributed by atoms with E-state index in [0.717, 1.165) is 0 Å². The van der Waals surface area contributed by atoms with Gasteiger partial charge in [0, 0.05) is 5.69 Å². The molecule has 0 unspecified atom stereocenters. The van der Waals surface area contributed by atoms with Crippen molar-refractivity contribution in [1.29, 1.82) is 5.41 Å². The molecular formula is C6H9N5O2. The van der Waals surface area contributed by atoms with Crippen molar-refractivity contribution in [3.05, 3.63) is 27.1 Å². The van der Waals surface area contributed by atoms with E-state index in [1.807, 2.05) is 0 Å². The summed E-state index contributed by atoms with van der Waals surface area (Å²) in [7, 11) is 0. The Morgan fingerprint density at radius 3 is 2.69 bits per heavy atom. The number of nitro groups is 1. The second-order valence-corrected chi connectivity index (χ2v) is 2.55. The lowest BCUT2D eigenvalue weighted by molar-refractivity contribution is -0.525. The van der Waals surface area contributed by atoms with Crippen LogP contribution in [-0.4, -0.2) is 21.1 Å². The van der Waals surface area contributed by atoms with Crippen LogP contribution >= 0.6 is 0 Å². The van der Waals surface area contributed by atoms with Crippen LogP contribution in [0, 0.1) is 29.4 Å². The summed E-state index contributed by atoms with van der Waals surface area (Å²) in [4.78, 5) is 10.1. The topological polar surface area (TPSA) is 108 Å². The minimum Gasteiger partial charge on any atom is -0.282 e. The molecule has 1 aromatic rings. The van der Waals surface area contributed by atoms with Gasteiger partial charge in [0.25, 0.3) is 0 Å². The molecule has 0 aliphatic carbocycles. The minimum atomic E-state index is -0.770. The normalized spacial score (nSPS) is 9.69. The Balaban J connectivity index is 2.94. The van der Waals surface area contributed by atoms with Gasteiger partial charge in [-0.2, -0.15) is 5.10 Å². The Kier molecular flexibility index (Phi) is 2.27. The highest BCUT2D eigenvalue weighted by Crippen LogP contribution is 2.08. The van der Waals surface area contributed by atoms with Gasteiger partial charge in [-0.05, 0) is 13.8 Å². The van der Waals surface area contributed by atoms with Crippen LogP contribution in [0.1, 0.15) is 17.0 Å². The van der Waals surface area contributed by atoms with Crippen molar-refractivity contribution in [3.63, 3.8) is 0 Å². The number of H-pyrrole nitrogens is 1. The maximum atomic E-state index is 10.1. The summed E-state index contributed by atoms with van der Waals surface area (Å²) in [5.41, 5.74) is 3.42. The Labute approximate surface area is 73.8 Å². The maximum Gasteiger partial charge on any atom is 0.194 e. The second kappa shape index (κ2) is 3.21. The molecule has 7 nitrogen and oxygen atoms in total. The first-order valence-electron chi connectivity index (χ1n) is 3.54. The van der Waals surface area contributed by atoms with E-state index in [2.05, 4.69) is 10.2 Å². The Morgan fingerprint density at radius 2 is 2.31 bits per heavy atom. The second-order valence-electron chi connectivity index (χ2n) is 2.55. The number of nitrogens with zero attached hydrogens (tertiary/aromatic N) is 2. The first-order valence-corrected chi connectivity index (χ1v) is 3.54. The fourth-order valence-corrected chi connectivity index (χ4v) is 1.07. The molecule has 0 atom stereocenters. The highest BCUT2D eigenvalue weighted by Gasteiger charge is 2.14. The van der Waals surface area contributed by atoms with Crippen LogP contribution in [0.2, 0.25) is 0 Å². The molecule has 1 heterocycles. The molecule has 0 radical (unpaired) electrons. The van der Waals surface area contributed by atoms with Crippen molar-refractivity contribution < 1.29 is 5.03 Å². The van der Waals surface area contributed by atoms with Crippen LogP contribution in [-0.2, 0) is 0 Å². The van der Waals surface area contributed by atoms with E-state index in [1.165, 1.54) is 0 Å². The first kappa shape index (κ1) is 9.17. The first-order chi connectivity index (χ1) is 6.02. The number of aromatic amines is 1. The van der Waals surface area contributed by atoms with Gasteiger partial charge in [0.15, 0.2) is 10.9 Å². The van der Waals surface area contributed by atoms with Gasteiger partial charge in [0.2, 0.25) is 0 Å². The molecule has 0 saturated carbocycles. The number of rotatable bonds is 2. The average molecular weight is 183 g/mol. The third-order valence-electron chi connectivity index (χ3n) is 1.58. The Bertz CT molecular complexity index is 336. The lowest BCUT2D eigenvalue weighted by Gasteiger charge is -1.98. The highest BCUT2D eigenvalue weighted by molar-refractivity contribution is 5.97. The van der Waals surface area contributed by atoms with Gasteiger partial charge >= 0.3 is 0 Å². The Hall–Kier alpha value is -1.92. The predicted octanol–water partition coefficient (Wildman–Crippen LogP) is 0.133. The molecule has 0 amide bonds. The lowest BCUT2D eigenvalue weighted by Crippen LogP contribution is -2.29. The number of hydrazine groups is 1. The minimum absolute atomic E-state index is 0.256. The van der Waals surface area contributed by atoms with Crippen LogP contribution in [0.3, 0.4) is 0 Å². The van der Waals surface area contributed by atoms with Crippen LogP contribution in [0.25, 0.3) is 0 Å². The zero-order valence-corrected chi connectivity index (χ0v) is 7.21. The largest absolute Gasteiger partial charge is 0.282 e. The van der Waals surface area contributed by atoms with E-state index in [4.69, 9.17) is 5.41 Å². The maximum absolute atomic E-state index is 10.1. The van der Waals surface area contributed by atoms with Crippen molar-refractivity contribution in [1.82, 2.24) is 15.6 Å². The van der Waals surface area contributed by atoms with Crippen molar-refractivity contribution in [2.24, 2.45) is 0 Å². The molecule has 0 aromatic carbocycles. The zero-order valence-electron chi connectivity index (χ0n) is 7.21. The van der Waals surface area contributed by atoms with Gasteiger partial charge in [-0.3, -0.25) is 10.5 Å². The summed E-state index contributed by atoms with van der Waals surface area (Å²) in [6.07, 6.45) is 0. The number of hydrogen-bond donors (Lipinski definition) is 3. The molecule has 1 rings (SSSR count). The molecule has 0 spiro atoms. The third kappa shape index (κ3) is 1.81. The lowest BCUT2D eigenvalue weighted by atomic mass is 10.2. The van der Waals surface area contributed by atoms with Crippen molar-refractivity contribution in [2.45, 2.75) is 13.8 Å². The monoisotopic (exact) mass is 183 g/mol.